The van der Waals surface area contributed by atoms with Crippen molar-refractivity contribution in [2.75, 3.05) is 20.7 Å². The third-order valence-electron chi connectivity index (χ3n) is 4.70. The smallest absolute Gasteiger partial charge is 0.355 e. The summed E-state index contributed by atoms with van der Waals surface area (Å²) >= 11 is 0. The summed E-state index contributed by atoms with van der Waals surface area (Å²) in [7, 11) is 3.10. The van der Waals surface area contributed by atoms with Crippen LogP contribution < -0.4 is 0 Å². The highest BCUT2D eigenvalue weighted by atomic mass is 16.5. The van der Waals surface area contributed by atoms with Gasteiger partial charge in [-0.1, -0.05) is 60.7 Å². The van der Waals surface area contributed by atoms with E-state index in [2.05, 4.69) is 0 Å². The number of amides is 2. The Morgan fingerprint density at radius 1 is 0.964 bits per heavy atom. The maximum absolute atomic E-state index is 13.5. The molecule has 6 nitrogen and oxygen atoms in total. The number of hydrogen-bond donors (Lipinski definition) is 0. The van der Waals surface area contributed by atoms with E-state index in [-0.39, 0.29) is 29.7 Å². The molecular formula is C22H22N2O4. The normalized spacial score (nSPS) is 17.0. The summed E-state index contributed by atoms with van der Waals surface area (Å²) in [5, 5.41) is 0. The van der Waals surface area contributed by atoms with Crippen LogP contribution in [0.3, 0.4) is 0 Å². The molecule has 144 valence electrons. The van der Waals surface area contributed by atoms with Gasteiger partial charge in [-0.3, -0.25) is 9.69 Å². The minimum atomic E-state index is -0.697. The van der Waals surface area contributed by atoms with E-state index in [1.807, 2.05) is 36.4 Å². The van der Waals surface area contributed by atoms with Gasteiger partial charge in [-0.05, 0) is 12.5 Å². The van der Waals surface area contributed by atoms with Gasteiger partial charge in [-0.2, -0.15) is 0 Å². The number of carbonyl (C=O) groups excluding carboxylic acids is 3. The highest BCUT2D eigenvalue weighted by molar-refractivity contribution is 6.15. The van der Waals surface area contributed by atoms with Crippen molar-refractivity contribution in [3.05, 3.63) is 83.1 Å². The predicted octanol–water partition coefficient (Wildman–Crippen LogP) is 3.43. The molecule has 0 aromatic heterocycles. The van der Waals surface area contributed by atoms with E-state index >= 15 is 0 Å². The van der Waals surface area contributed by atoms with Crippen LogP contribution in [-0.2, 0) is 9.53 Å². The van der Waals surface area contributed by atoms with Gasteiger partial charge in [-0.15, -0.1) is 0 Å². The fourth-order valence-corrected chi connectivity index (χ4v) is 3.40. The Morgan fingerprint density at radius 2 is 1.54 bits per heavy atom. The lowest BCUT2D eigenvalue weighted by Gasteiger charge is -2.39. The van der Waals surface area contributed by atoms with Gasteiger partial charge < -0.3 is 9.64 Å². The molecule has 0 saturated heterocycles. The monoisotopic (exact) mass is 378 g/mol. The zero-order chi connectivity index (χ0) is 20.3. The molecule has 0 N–H and O–H groups in total. The van der Waals surface area contributed by atoms with Crippen LogP contribution in [0.25, 0.3) is 0 Å². The Morgan fingerprint density at radius 3 is 2.11 bits per heavy atom. The Kier molecular flexibility index (Phi) is 5.59. The fraction of sp³-hybridized carbons (Fsp3) is 0.227. The molecule has 1 heterocycles. The van der Waals surface area contributed by atoms with Crippen molar-refractivity contribution in [3.8, 4) is 0 Å². The number of benzene rings is 2. The minimum absolute atomic E-state index is 0.0207. The second-order valence-electron chi connectivity index (χ2n) is 6.44. The summed E-state index contributed by atoms with van der Waals surface area (Å²) in [5.74, 6) is -1.00. The first-order chi connectivity index (χ1) is 13.5. The van der Waals surface area contributed by atoms with Crippen molar-refractivity contribution in [3.63, 3.8) is 0 Å². The van der Waals surface area contributed by atoms with Crippen LogP contribution in [0.4, 0.5) is 4.79 Å². The summed E-state index contributed by atoms with van der Waals surface area (Å²) in [5.41, 5.74) is 1.39. The lowest BCUT2D eigenvalue weighted by molar-refractivity contribution is -0.140. The van der Waals surface area contributed by atoms with Crippen molar-refractivity contribution >= 4 is 17.8 Å². The molecule has 0 bridgehead atoms. The van der Waals surface area contributed by atoms with E-state index in [9.17, 15) is 14.4 Å². The van der Waals surface area contributed by atoms with Crippen molar-refractivity contribution in [2.45, 2.75) is 13.0 Å². The van der Waals surface area contributed by atoms with E-state index in [4.69, 9.17) is 4.74 Å². The summed E-state index contributed by atoms with van der Waals surface area (Å²) < 4.78 is 5.17. The zero-order valence-corrected chi connectivity index (χ0v) is 16.1. The predicted molar refractivity (Wildman–Crippen MR) is 105 cm³/mol. The van der Waals surface area contributed by atoms with Crippen LogP contribution in [0, 0.1) is 0 Å². The topological polar surface area (TPSA) is 66.9 Å². The van der Waals surface area contributed by atoms with Crippen molar-refractivity contribution in [1.29, 1.82) is 0 Å². The van der Waals surface area contributed by atoms with Crippen LogP contribution in [-0.4, -0.2) is 48.3 Å². The molecule has 28 heavy (non-hydrogen) atoms. The first-order valence-corrected chi connectivity index (χ1v) is 9.03. The van der Waals surface area contributed by atoms with Gasteiger partial charge in [0.25, 0.3) is 0 Å². The van der Waals surface area contributed by atoms with E-state index in [1.165, 1.54) is 16.8 Å². The molecule has 2 amide bonds. The highest BCUT2D eigenvalue weighted by Crippen LogP contribution is 2.37. The molecular weight excluding hydrogens is 356 g/mol. The Hall–Kier alpha value is -3.41. The van der Waals surface area contributed by atoms with E-state index in [0.29, 0.717) is 5.56 Å². The first kappa shape index (κ1) is 19.4. The Bertz CT molecular complexity index is 922. The molecule has 0 fully saturated rings. The molecule has 1 atom stereocenters. The maximum Gasteiger partial charge on any atom is 0.355 e. The Labute approximate surface area is 164 Å². The molecule has 6 heteroatoms. The number of hydrogen-bond acceptors (Lipinski definition) is 4. The summed E-state index contributed by atoms with van der Waals surface area (Å²) in [6.07, 6.45) is 0. The maximum atomic E-state index is 13.5. The largest absolute Gasteiger partial charge is 0.461 e. The second kappa shape index (κ2) is 8.08. The number of Topliss-reactive ketones (excluding diaryl/α,β-unsaturated/α-hetero) is 1. The lowest BCUT2D eigenvalue weighted by atomic mass is 9.88. The molecule has 2 aromatic carbocycles. The third kappa shape index (κ3) is 3.41. The molecule has 1 aliphatic heterocycles. The number of likely N-dealkylation sites (N-methyl/N-ethyl adjacent to an activating group) is 2. The number of nitrogens with zero attached hydrogens (tertiary/aromatic N) is 2. The number of carbonyl (C=O) groups is 3. The Balaban J connectivity index is 2.27. The van der Waals surface area contributed by atoms with Crippen LogP contribution >= 0.6 is 0 Å². The minimum Gasteiger partial charge on any atom is -0.461 e. The number of rotatable bonds is 5. The van der Waals surface area contributed by atoms with E-state index < -0.39 is 12.0 Å². The average Bonchev–Trinajstić information content (AvgIpc) is 2.72. The van der Waals surface area contributed by atoms with Gasteiger partial charge in [0.15, 0.2) is 5.78 Å². The van der Waals surface area contributed by atoms with Crippen LogP contribution in [0.5, 0.6) is 0 Å². The quantitative estimate of drug-likeness (QED) is 0.591. The van der Waals surface area contributed by atoms with Gasteiger partial charge in [0.1, 0.15) is 5.70 Å². The van der Waals surface area contributed by atoms with E-state index in [1.54, 1.807) is 38.2 Å². The molecule has 0 saturated carbocycles. The second-order valence-corrected chi connectivity index (χ2v) is 6.44. The molecule has 0 unspecified atom stereocenters. The van der Waals surface area contributed by atoms with Crippen LogP contribution in [0.1, 0.15) is 28.9 Å². The van der Waals surface area contributed by atoms with Crippen molar-refractivity contribution in [1.82, 2.24) is 9.80 Å². The third-order valence-corrected chi connectivity index (χ3v) is 4.70. The number of ketones is 1. The first-order valence-electron chi connectivity index (χ1n) is 9.03. The standard InChI is InChI=1S/C22H22N2O4/c1-4-28-21(26)19-17(20(25)16-13-9-6-10-14-16)18(15-11-7-5-8-12-15)23(2)22(27)24(19)3/h5-14,18H,4H2,1-3H3/t18-/m1/s1. The van der Waals surface area contributed by atoms with Gasteiger partial charge >= 0.3 is 12.0 Å². The van der Waals surface area contributed by atoms with Gasteiger partial charge in [0.05, 0.1) is 18.2 Å². The van der Waals surface area contributed by atoms with Crippen molar-refractivity contribution < 1.29 is 19.1 Å². The highest BCUT2D eigenvalue weighted by Gasteiger charge is 2.43. The molecule has 0 aliphatic carbocycles. The van der Waals surface area contributed by atoms with Gasteiger partial charge in [-0.25, -0.2) is 9.59 Å². The molecule has 0 spiro atoms. The molecule has 1 aliphatic rings. The number of urea groups is 1. The summed E-state index contributed by atoms with van der Waals surface area (Å²) in [4.78, 5) is 41.7. The van der Waals surface area contributed by atoms with Crippen molar-refractivity contribution in [2.24, 2.45) is 0 Å². The summed E-state index contributed by atoms with van der Waals surface area (Å²) in [6.45, 7) is 1.83. The number of esters is 1. The SMILES string of the molecule is CCOC(=O)C1=C(C(=O)c2ccccc2)[C@@H](c2ccccc2)N(C)C(=O)N1C. The number of ether oxygens (including phenoxy) is 1. The molecule has 3 rings (SSSR count). The van der Waals surface area contributed by atoms with Crippen LogP contribution in [0.2, 0.25) is 0 Å². The molecule has 2 aromatic rings. The molecule has 0 radical (unpaired) electrons. The van der Waals surface area contributed by atoms with Gasteiger partial charge in [0, 0.05) is 19.7 Å². The van der Waals surface area contributed by atoms with Gasteiger partial charge in [0.2, 0.25) is 0 Å². The van der Waals surface area contributed by atoms with Crippen LogP contribution in [0.15, 0.2) is 71.9 Å². The zero-order valence-electron chi connectivity index (χ0n) is 16.1. The average molecular weight is 378 g/mol. The summed E-state index contributed by atoms with van der Waals surface area (Å²) in [6, 6.07) is 16.8. The lowest BCUT2D eigenvalue weighted by Crippen LogP contribution is -2.49. The fourth-order valence-electron chi connectivity index (χ4n) is 3.40. The van der Waals surface area contributed by atoms with E-state index in [0.717, 1.165) is 5.56 Å².